The van der Waals surface area contributed by atoms with Gasteiger partial charge in [0.2, 0.25) is 15.8 Å². The van der Waals surface area contributed by atoms with Crippen LogP contribution >= 0.6 is 11.6 Å². The summed E-state index contributed by atoms with van der Waals surface area (Å²) in [6.07, 6.45) is 1.04. The van der Waals surface area contributed by atoms with Gasteiger partial charge in [0, 0.05) is 34.6 Å². The Balaban J connectivity index is 1.50. The van der Waals surface area contributed by atoms with Gasteiger partial charge in [-0.2, -0.15) is 9.29 Å². The van der Waals surface area contributed by atoms with Gasteiger partial charge >= 0.3 is 0 Å². The molecule has 1 saturated heterocycles. The third-order valence-corrected chi connectivity index (χ3v) is 8.18. The van der Waals surface area contributed by atoms with E-state index in [9.17, 15) is 8.42 Å². The molecule has 0 radical (unpaired) electrons. The number of piperidine rings is 1. The molecule has 2 aromatic carbocycles. The normalized spacial score (nSPS) is 19.9. The summed E-state index contributed by atoms with van der Waals surface area (Å²) in [6, 6.07) is 12.1. The van der Waals surface area contributed by atoms with Crippen molar-refractivity contribution in [2.45, 2.75) is 32.1 Å². The third-order valence-electron chi connectivity index (χ3n) is 6.10. The van der Waals surface area contributed by atoms with Gasteiger partial charge in [0.1, 0.15) is 5.58 Å². The molecule has 0 spiro atoms. The van der Waals surface area contributed by atoms with Crippen LogP contribution in [0, 0.1) is 18.8 Å². The van der Waals surface area contributed by atoms with Crippen LogP contribution in [0.2, 0.25) is 5.02 Å². The van der Waals surface area contributed by atoms with Crippen molar-refractivity contribution in [1.82, 2.24) is 14.4 Å². The second-order valence-corrected chi connectivity index (χ2v) is 11.3. The Bertz CT molecular complexity index is 1420. The minimum Gasteiger partial charge on any atom is -0.451 e. The lowest BCUT2D eigenvalue weighted by atomic mass is 9.94. The van der Waals surface area contributed by atoms with E-state index in [2.05, 4.69) is 24.0 Å². The maximum absolute atomic E-state index is 13.3. The highest BCUT2D eigenvalue weighted by atomic mass is 35.5. The van der Waals surface area contributed by atoms with Crippen molar-refractivity contribution >= 4 is 32.6 Å². The van der Waals surface area contributed by atoms with Crippen LogP contribution in [0.15, 0.2) is 56.3 Å². The highest BCUT2D eigenvalue weighted by molar-refractivity contribution is 7.89. The minimum atomic E-state index is -3.60. The van der Waals surface area contributed by atoms with Gasteiger partial charge in [-0.25, -0.2) is 8.42 Å². The highest BCUT2D eigenvalue weighted by Crippen LogP contribution is 2.35. The number of nitrogens with zero attached hydrogens (tertiary/aromatic N) is 3. The average molecular weight is 486 g/mol. The van der Waals surface area contributed by atoms with Crippen molar-refractivity contribution in [3.63, 3.8) is 0 Å². The van der Waals surface area contributed by atoms with Crippen LogP contribution in [-0.2, 0) is 10.0 Å². The Morgan fingerprint density at radius 3 is 2.45 bits per heavy atom. The van der Waals surface area contributed by atoms with Crippen molar-refractivity contribution in [2.75, 3.05) is 13.1 Å². The molecule has 1 aliphatic rings. The van der Waals surface area contributed by atoms with Crippen molar-refractivity contribution in [3.8, 4) is 23.0 Å². The molecule has 172 valence electrons. The summed E-state index contributed by atoms with van der Waals surface area (Å²) in [5.74, 6) is 1.74. The molecule has 2 unspecified atom stereocenters. The van der Waals surface area contributed by atoms with E-state index in [0.717, 1.165) is 17.5 Å². The van der Waals surface area contributed by atoms with Crippen LogP contribution < -0.4 is 0 Å². The van der Waals surface area contributed by atoms with Gasteiger partial charge in [-0.15, -0.1) is 0 Å². The van der Waals surface area contributed by atoms with Gasteiger partial charge in [-0.3, -0.25) is 0 Å². The lowest BCUT2D eigenvalue weighted by molar-refractivity contribution is 0.222. The van der Waals surface area contributed by atoms with Crippen molar-refractivity contribution in [1.29, 1.82) is 0 Å². The van der Waals surface area contributed by atoms with Crippen molar-refractivity contribution in [2.24, 2.45) is 11.8 Å². The molecule has 9 heteroatoms. The van der Waals surface area contributed by atoms with E-state index < -0.39 is 10.0 Å². The molecule has 7 nitrogen and oxygen atoms in total. The topological polar surface area (TPSA) is 89.4 Å². The van der Waals surface area contributed by atoms with Gasteiger partial charge in [0.25, 0.3) is 5.89 Å². The molecule has 1 aliphatic heterocycles. The van der Waals surface area contributed by atoms with E-state index in [4.69, 9.17) is 20.5 Å². The fourth-order valence-electron chi connectivity index (χ4n) is 4.55. The lowest BCUT2D eigenvalue weighted by Crippen LogP contribution is -2.42. The van der Waals surface area contributed by atoms with Crippen LogP contribution in [0.1, 0.15) is 25.8 Å². The van der Waals surface area contributed by atoms with Gasteiger partial charge < -0.3 is 8.94 Å². The van der Waals surface area contributed by atoms with Crippen molar-refractivity contribution < 1.29 is 17.4 Å². The molecule has 0 amide bonds. The van der Waals surface area contributed by atoms with Crippen LogP contribution in [0.3, 0.4) is 0 Å². The molecule has 0 N–H and O–H groups in total. The zero-order chi connectivity index (χ0) is 23.3. The second-order valence-electron chi connectivity index (χ2n) is 8.91. The van der Waals surface area contributed by atoms with Crippen LogP contribution in [0.25, 0.3) is 34.0 Å². The quantitative estimate of drug-likeness (QED) is 0.364. The molecule has 3 heterocycles. The summed E-state index contributed by atoms with van der Waals surface area (Å²) in [6.45, 7) is 7.12. The second kappa shape index (κ2) is 8.27. The predicted octanol–water partition coefficient (Wildman–Crippen LogP) is 5.78. The fraction of sp³-hybridized carbons (Fsp3) is 0.333. The van der Waals surface area contributed by atoms with Crippen molar-refractivity contribution in [3.05, 3.63) is 53.1 Å². The summed E-state index contributed by atoms with van der Waals surface area (Å²) in [5, 5.41) is 5.37. The Labute approximate surface area is 197 Å². The van der Waals surface area contributed by atoms with Gasteiger partial charge in [-0.05, 0) is 67.6 Å². The fourth-order valence-corrected chi connectivity index (χ4v) is 6.38. The number of fused-ring (bicyclic) bond motifs is 1. The molecule has 1 fully saturated rings. The highest BCUT2D eigenvalue weighted by Gasteiger charge is 2.32. The van der Waals surface area contributed by atoms with E-state index in [0.29, 0.717) is 52.5 Å². The van der Waals surface area contributed by atoms with Crippen LogP contribution in [0.4, 0.5) is 0 Å². The molecule has 0 bridgehead atoms. The lowest BCUT2D eigenvalue weighted by Gasteiger charge is -2.34. The summed E-state index contributed by atoms with van der Waals surface area (Å²) >= 11 is 5.95. The number of hydrogen-bond acceptors (Lipinski definition) is 6. The van der Waals surface area contributed by atoms with E-state index in [1.807, 2.05) is 19.1 Å². The summed E-state index contributed by atoms with van der Waals surface area (Å²) in [7, 11) is -3.60. The molecule has 2 aromatic heterocycles. The maximum atomic E-state index is 13.3. The number of furan rings is 1. The SMILES string of the molecule is Cc1c(-c2nc(-c3ccc(Cl)cc3)no2)oc2ccc(S(=O)(=O)N3CC(C)CC(C)C3)cc12. The number of halogens is 1. The molecule has 2 atom stereocenters. The Morgan fingerprint density at radius 2 is 1.76 bits per heavy atom. The average Bonchev–Trinajstić information content (AvgIpc) is 3.38. The van der Waals surface area contributed by atoms with Gasteiger partial charge in [-0.1, -0.05) is 30.6 Å². The van der Waals surface area contributed by atoms with Gasteiger partial charge in [0.05, 0.1) is 4.90 Å². The summed E-state index contributed by atoms with van der Waals surface area (Å²) < 4.78 is 39.7. The molecule has 4 aromatic rings. The van der Waals surface area contributed by atoms with E-state index in [-0.39, 0.29) is 10.8 Å². The molecule has 0 aliphatic carbocycles. The molecular weight excluding hydrogens is 462 g/mol. The number of hydrogen-bond donors (Lipinski definition) is 0. The minimum absolute atomic E-state index is 0.233. The number of sulfonamides is 1. The largest absolute Gasteiger partial charge is 0.451 e. The first-order valence-electron chi connectivity index (χ1n) is 10.9. The number of aromatic nitrogens is 2. The first-order valence-corrected chi connectivity index (χ1v) is 12.7. The number of aryl methyl sites for hydroxylation is 1. The van der Waals surface area contributed by atoms with E-state index in [1.54, 1.807) is 34.6 Å². The molecular formula is C24H24ClN3O4S. The first kappa shape index (κ1) is 22.1. The maximum Gasteiger partial charge on any atom is 0.294 e. The zero-order valence-corrected chi connectivity index (χ0v) is 20.2. The predicted molar refractivity (Wildman–Crippen MR) is 126 cm³/mol. The van der Waals surface area contributed by atoms with Crippen LogP contribution in [-0.4, -0.2) is 36.0 Å². The Morgan fingerprint density at radius 1 is 1.06 bits per heavy atom. The van der Waals surface area contributed by atoms with Crippen LogP contribution in [0.5, 0.6) is 0 Å². The monoisotopic (exact) mass is 485 g/mol. The smallest absolute Gasteiger partial charge is 0.294 e. The summed E-state index contributed by atoms with van der Waals surface area (Å²) in [4.78, 5) is 4.72. The van der Waals surface area contributed by atoms with E-state index >= 15 is 0 Å². The Hall–Kier alpha value is -2.68. The number of rotatable bonds is 4. The van der Waals surface area contributed by atoms with E-state index in [1.165, 1.54) is 0 Å². The molecule has 33 heavy (non-hydrogen) atoms. The molecule has 5 rings (SSSR count). The standard InChI is InChI=1S/C24H24ClN3O4S/c1-14-10-15(2)13-28(12-14)33(29,30)19-8-9-21-20(11-19)16(3)22(31-21)24-26-23(27-32-24)17-4-6-18(25)7-5-17/h4-9,11,14-15H,10,12-13H2,1-3H3. The number of benzene rings is 2. The zero-order valence-electron chi connectivity index (χ0n) is 18.6. The molecule has 0 saturated carbocycles. The first-order chi connectivity index (χ1) is 15.7. The van der Waals surface area contributed by atoms with Gasteiger partial charge in [0.15, 0.2) is 5.76 Å². The Kier molecular flexibility index (Phi) is 5.55. The third kappa shape index (κ3) is 4.07. The summed E-state index contributed by atoms with van der Waals surface area (Å²) in [5.41, 5.74) is 2.07.